The summed E-state index contributed by atoms with van der Waals surface area (Å²) in [6.45, 7) is 0.494. The Bertz CT molecular complexity index is 488. The lowest BCUT2D eigenvalue weighted by molar-refractivity contribution is 0.303. The first kappa shape index (κ1) is 12.2. The van der Waals surface area contributed by atoms with Gasteiger partial charge in [0.1, 0.15) is 12.4 Å². The van der Waals surface area contributed by atoms with E-state index in [0.717, 1.165) is 16.9 Å². The molecule has 0 atom stereocenters. The van der Waals surface area contributed by atoms with Crippen molar-refractivity contribution in [2.45, 2.75) is 12.5 Å². The smallest absolute Gasteiger partial charge is 0.124 e. The summed E-state index contributed by atoms with van der Waals surface area (Å²) in [7, 11) is 0. The number of pyridine rings is 1. The lowest BCUT2D eigenvalue weighted by atomic mass is 10.2. The molecule has 0 saturated carbocycles. The molecule has 1 heterocycles. The molecule has 0 fully saturated rings. The molecule has 2 rings (SSSR count). The quantitative estimate of drug-likeness (QED) is 0.780. The minimum Gasteiger partial charge on any atom is -0.489 e. The van der Waals surface area contributed by atoms with Crippen LogP contribution >= 0.6 is 23.2 Å². The zero-order valence-corrected chi connectivity index (χ0v) is 10.6. The van der Waals surface area contributed by atoms with Crippen LogP contribution in [-0.2, 0) is 12.5 Å². The van der Waals surface area contributed by atoms with E-state index in [1.165, 1.54) is 0 Å². The van der Waals surface area contributed by atoms with Gasteiger partial charge in [-0.2, -0.15) is 0 Å². The van der Waals surface area contributed by atoms with E-state index in [9.17, 15) is 0 Å². The molecule has 0 amide bonds. The molecule has 88 valence electrons. The van der Waals surface area contributed by atoms with Crippen LogP contribution in [0.2, 0.25) is 5.02 Å². The van der Waals surface area contributed by atoms with Crippen LogP contribution in [0.1, 0.15) is 11.1 Å². The fraction of sp³-hybridized carbons (Fsp3) is 0.154. The van der Waals surface area contributed by atoms with Crippen molar-refractivity contribution in [2.24, 2.45) is 0 Å². The summed E-state index contributed by atoms with van der Waals surface area (Å²) >= 11 is 11.7. The molecule has 0 N–H and O–H groups in total. The normalized spacial score (nSPS) is 10.2. The molecule has 0 aliphatic rings. The maximum Gasteiger partial charge on any atom is 0.124 e. The Morgan fingerprint density at radius 1 is 1.12 bits per heavy atom. The van der Waals surface area contributed by atoms with Crippen LogP contribution in [0, 0.1) is 0 Å². The monoisotopic (exact) mass is 267 g/mol. The lowest BCUT2D eigenvalue weighted by Crippen LogP contribution is -1.97. The SMILES string of the molecule is ClCc1cc(Cl)ccc1OCc1ccncc1. The highest BCUT2D eigenvalue weighted by atomic mass is 35.5. The van der Waals surface area contributed by atoms with Crippen LogP contribution in [0.15, 0.2) is 42.7 Å². The first-order chi connectivity index (χ1) is 8.29. The molecule has 0 spiro atoms. The van der Waals surface area contributed by atoms with Crippen LogP contribution in [0.5, 0.6) is 5.75 Å². The summed E-state index contributed by atoms with van der Waals surface area (Å²) in [5.41, 5.74) is 1.96. The zero-order chi connectivity index (χ0) is 12.1. The van der Waals surface area contributed by atoms with Crippen molar-refractivity contribution in [3.63, 3.8) is 0 Å². The average Bonchev–Trinajstić information content (AvgIpc) is 2.38. The second kappa shape index (κ2) is 5.89. The van der Waals surface area contributed by atoms with Gasteiger partial charge >= 0.3 is 0 Å². The van der Waals surface area contributed by atoms with E-state index in [4.69, 9.17) is 27.9 Å². The van der Waals surface area contributed by atoms with Gasteiger partial charge in [-0.25, -0.2) is 0 Å². The largest absolute Gasteiger partial charge is 0.489 e. The van der Waals surface area contributed by atoms with E-state index in [0.29, 0.717) is 17.5 Å². The predicted octanol–water partition coefficient (Wildman–Crippen LogP) is 4.05. The summed E-state index contributed by atoms with van der Waals surface area (Å²) in [6.07, 6.45) is 3.48. The number of aromatic nitrogens is 1. The van der Waals surface area contributed by atoms with Crippen molar-refractivity contribution in [2.75, 3.05) is 0 Å². The molecule has 1 aromatic carbocycles. The second-order valence-corrected chi connectivity index (χ2v) is 4.23. The topological polar surface area (TPSA) is 22.1 Å². The van der Waals surface area contributed by atoms with Gasteiger partial charge in [-0.3, -0.25) is 4.98 Å². The Morgan fingerprint density at radius 2 is 1.88 bits per heavy atom. The van der Waals surface area contributed by atoms with Gasteiger partial charge in [0.05, 0.1) is 5.88 Å². The molecule has 0 unspecified atom stereocenters. The van der Waals surface area contributed by atoms with Gasteiger partial charge in [-0.05, 0) is 35.9 Å². The molecule has 0 aliphatic carbocycles. The van der Waals surface area contributed by atoms with Gasteiger partial charge in [-0.15, -0.1) is 11.6 Å². The molecule has 4 heteroatoms. The van der Waals surface area contributed by atoms with Crippen molar-refractivity contribution in [1.29, 1.82) is 0 Å². The summed E-state index contributed by atoms with van der Waals surface area (Å²) in [5.74, 6) is 1.15. The van der Waals surface area contributed by atoms with Crippen LogP contribution in [0.4, 0.5) is 0 Å². The Kier molecular flexibility index (Phi) is 4.24. The third-order valence-corrected chi connectivity index (χ3v) is 2.83. The number of hydrogen-bond donors (Lipinski definition) is 0. The third-order valence-electron chi connectivity index (χ3n) is 2.31. The summed E-state index contributed by atoms with van der Waals surface area (Å²) < 4.78 is 5.70. The van der Waals surface area contributed by atoms with Crippen LogP contribution < -0.4 is 4.74 Å². The van der Waals surface area contributed by atoms with E-state index in [-0.39, 0.29) is 0 Å². The van der Waals surface area contributed by atoms with Crippen molar-refractivity contribution in [1.82, 2.24) is 4.98 Å². The molecular weight excluding hydrogens is 257 g/mol. The first-order valence-corrected chi connectivity index (χ1v) is 6.07. The molecular formula is C13H11Cl2NO. The fourth-order valence-electron chi connectivity index (χ4n) is 1.43. The number of halogens is 2. The van der Waals surface area contributed by atoms with Gasteiger partial charge < -0.3 is 4.74 Å². The second-order valence-electron chi connectivity index (χ2n) is 3.53. The van der Waals surface area contributed by atoms with Crippen molar-refractivity contribution in [3.8, 4) is 5.75 Å². The number of nitrogens with zero attached hydrogens (tertiary/aromatic N) is 1. The van der Waals surface area contributed by atoms with E-state index in [1.807, 2.05) is 24.3 Å². The number of hydrogen-bond acceptors (Lipinski definition) is 2. The van der Waals surface area contributed by atoms with Crippen molar-refractivity contribution < 1.29 is 4.74 Å². The van der Waals surface area contributed by atoms with Gasteiger partial charge in [-0.1, -0.05) is 11.6 Å². The van der Waals surface area contributed by atoms with Gasteiger partial charge in [0.15, 0.2) is 0 Å². The highest BCUT2D eigenvalue weighted by Crippen LogP contribution is 2.25. The predicted molar refractivity (Wildman–Crippen MR) is 69.6 cm³/mol. The van der Waals surface area contributed by atoms with Gasteiger partial charge in [0.2, 0.25) is 0 Å². The maximum absolute atomic E-state index is 5.89. The standard InChI is InChI=1S/C13H11Cl2NO/c14-8-11-7-12(15)1-2-13(11)17-9-10-3-5-16-6-4-10/h1-7H,8-9H2. The molecule has 1 aromatic heterocycles. The van der Waals surface area contributed by atoms with E-state index in [1.54, 1.807) is 18.5 Å². The zero-order valence-electron chi connectivity index (χ0n) is 9.07. The highest BCUT2D eigenvalue weighted by molar-refractivity contribution is 6.30. The lowest BCUT2D eigenvalue weighted by Gasteiger charge is -2.10. The summed E-state index contributed by atoms with van der Waals surface area (Å²) in [4.78, 5) is 3.95. The number of benzene rings is 1. The van der Waals surface area contributed by atoms with Crippen molar-refractivity contribution >= 4 is 23.2 Å². The highest BCUT2D eigenvalue weighted by Gasteiger charge is 2.04. The third kappa shape index (κ3) is 3.35. The van der Waals surface area contributed by atoms with E-state index >= 15 is 0 Å². The minimum absolute atomic E-state index is 0.381. The van der Waals surface area contributed by atoms with Crippen LogP contribution in [-0.4, -0.2) is 4.98 Å². The molecule has 2 nitrogen and oxygen atoms in total. The Hall–Kier alpha value is -1.25. The van der Waals surface area contributed by atoms with Crippen molar-refractivity contribution in [3.05, 3.63) is 58.9 Å². The summed E-state index contributed by atoms with van der Waals surface area (Å²) in [6, 6.07) is 9.27. The molecule has 2 aromatic rings. The van der Waals surface area contributed by atoms with Gasteiger partial charge in [0, 0.05) is 23.0 Å². The number of alkyl halides is 1. The molecule has 0 radical (unpaired) electrons. The summed E-state index contributed by atoms with van der Waals surface area (Å²) in [5, 5.41) is 0.664. The number of rotatable bonds is 4. The minimum atomic E-state index is 0.381. The van der Waals surface area contributed by atoms with E-state index in [2.05, 4.69) is 4.98 Å². The molecule has 0 saturated heterocycles. The van der Waals surface area contributed by atoms with Crippen LogP contribution in [0.3, 0.4) is 0 Å². The molecule has 0 aliphatic heterocycles. The average molecular weight is 268 g/mol. The Labute approximate surface area is 110 Å². The molecule has 0 bridgehead atoms. The van der Waals surface area contributed by atoms with E-state index < -0.39 is 0 Å². The van der Waals surface area contributed by atoms with Crippen LogP contribution in [0.25, 0.3) is 0 Å². The fourth-order valence-corrected chi connectivity index (χ4v) is 1.84. The Balaban J connectivity index is 2.09. The molecule has 17 heavy (non-hydrogen) atoms. The van der Waals surface area contributed by atoms with Gasteiger partial charge in [0.25, 0.3) is 0 Å². The Morgan fingerprint density at radius 3 is 2.59 bits per heavy atom. The first-order valence-electron chi connectivity index (χ1n) is 5.15. The number of ether oxygens (including phenoxy) is 1. The maximum atomic E-state index is 5.89.